The molecule has 0 bridgehead atoms. The molecule has 1 saturated heterocycles. The number of nitrogens with two attached hydrogens (primary N) is 1. The predicted octanol–water partition coefficient (Wildman–Crippen LogP) is 1.15. The third kappa shape index (κ3) is 2.65. The molecule has 0 spiro atoms. The molecule has 110 valence electrons. The fourth-order valence-electron chi connectivity index (χ4n) is 2.25. The number of rotatable bonds is 3. The van der Waals surface area contributed by atoms with Crippen molar-refractivity contribution in [3.8, 4) is 11.5 Å². The zero-order valence-electron chi connectivity index (χ0n) is 12.0. The van der Waals surface area contributed by atoms with Crippen LogP contribution in [0.1, 0.15) is 17.3 Å². The average Bonchev–Trinajstić information content (AvgIpc) is 2.47. The summed E-state index contributed by atoms with van der Waals surface area (Å²) in [6, 6.07) is 3.32. The smallest absolute Gasteiger partial charge is 0.256 e. The molecule has 6 nitrogen and oxygen atoms in total. The molecule has 1 heterocycles. The van der Waals surface area contributed by atoms with Gasteiger partial charge < -0.3 is 24.8 Å². The summed E-state index contributed by atoms with van der Waals surface area (Å²) in [4.78, 5) is 14.4. The predicted molar refractivity (Wildman–Crippen MR) is 75.3 cm³/mol. The number of morpholine rings is 1. The maximum atomic E-state index is 12.6. The molecule has 1 aromatic carbocycles. The number of methoxy groups -OCH3 is 2. The highest BCUT2D eigenvalue weighted by Crippen LogP contribution is 2.32. The maximum Gasteiger partial charge on any atom is 0.256 e. The van der Waals surface area contributed by atoms with E-state index in [1.807, 2.05) is 6.92 Å². The van der Waals surface area contributed by atoms with E-state index in [1.165, 1.54) is 14.2 Å². The zero-order valence-corrected chi connectivity index (χ0v) is 12.0. The van der Waals surface area contributed by atoms with Crippen LogP contribution >= 0.6 is 0 Å². The van der Waals surface area contributed by atoms with Gasteiger partial charge in [-0.1, -0.05) is 0 Å². The number of nitrogens with zero attached hydrogens (tertiary/aromatic N) is 1. The van der Waals surface area contributed by atoms with Gasteiger partial charge in [-0.2, -0.15) is 0 Å². The van der Waals surface area contributed by atoms with Crippen LogP contribution in [0, 0.1) is 0 Å². The Morgan fingerprint density at radius 2 is 2.15 bits per heavy atom. The van der Waals surface area contributed by atoms with Crippen LogP contribution in [0.4, 0.5) is 5.69 Å². The number of carbonyl (C=O) groups excluding carboxylic acids is 1. The lowest BCUT2D eigenvalue weighted by Crippen LogP contribution is -2.47. The second kappa shape index (κ2) is 6.00. The van der Waals surface area contributed by atoms with Crippen molar-refractivity contribution in [1.29, 1.82) is 0 Å². The maximum absolute atomic E-state index is 12.6. The standard InChI is InChI=1S/C14H20N2O4/c1-9-8-20-5-4-16(9)14(17)11-6-10(18-2)7-12(19-3)13(11)15/h6-7,9H,4-5,8,15H2,1-3H3. The Morgan fingerprint density at radius 1 is 1.40 bits per heavy atom. The lowest BCUT2D eigenvalue weighted by molar-refractivity contribution is 0.00362. The van der Waals surface area contributed by atoms with Gasteiger partial charge in [0.05, 0.1) is 44.7 Å². The molecule has 1 unspecified atom stereocenters. The van der Waals surface area contributed by atoms with Gasteiger partial charge >= 0.3 is 0 Å². The average molecular weight is 280 g/mol. The third-order valence-corrected chi connectivity index (χ3v) is 3.43. The summed E-state index contributed by atoms with van der Waals surface area (Å²) in [5.74, 6) is 0.851. The van der Waals surface area contributed by atoms with E-state index >= 15 is 0 Å². The quantitative estimate of drug-likeness (QED) is 0.841. The first kappa shape index (κ1) is 14.5. The Kier molecular flexibility index (Phi) is 4.34. The van der Waals surface area contributed by atoms with Crippen LogP contribution in [-0.4, -0.2) is 50.8 Å². The molecular weight excluding hydrogens is 260 g/mol. The fraction of sp³-hybridized carbons (Fsp3) is 0.500. The molecule has 1 fully saturated rings. The molecule has 1 aromatic rings. The van der Waals surface area contributed by atoms with Crippen LogP contribution in [-0.2, 0) is 4.74 Å². The van der Waals surface area contributed by atoms with Crippen molar-refractivity contribution in [3.05, 3.63) is 17.7 Å². The lowest BCUT2D eigenvalue weighted by atomic mass is 10.1. The van der Waals surface area contributed by atoms with E-state index in [9.17, 15) is 4.79 Å². The fourth-order valence-corrected chi connectivity index (χ4v) is 2.25. The second-order valence-corrected chi connectivity index (χ2v) is 4.71. The highest BCUT2D eigenvalue weighted by atomic mass is 16.5. The molecule has 1 atom stereocenters. The minimum Gasteiger partial charge on any atom is -0.497 e. The van der Waals surface area contributed by atoms with E-state index in [4.69, 9.17) is 19.9 Å². The normalized spacial score (nSPS) is 18.8. The first-order valence-corrected chi connectivity index (χ1v) is 6.48. The van der Waals surface area contributed by atoms with Gasteiger partial charge in [-0.15, -0.1) is 0 Å². The molecule has 0 radical (unpaired) electrons. The second-order valence-electron chi connectivity index (χ2n) is 4.71. The Labute approximate surface area is 118 Å². The van der Waals surface area contributed by atoms with Gasteiger partial charge in [-0.3, -0.25) is 4.79 Å². The Morgan fingerprint density at radius 3 is 2.75 bits per heavy atom. The SMILES string of the molecule is COc1cc(OC)c(N)c(C(=O)N2CCOCC2C)c1. The van der Waals surface area contributed by atoms with Gasteiger partial charge in [-0.05, 0) is 13.0 Å². The number of ether oxygens (including phenoxy) is 3. The van der Waals surface area contributed by atoms with Crippen LogP contribution in [0.2, 0.25) is 0 Å². The highest BCUT2D eigenvalue weighted by Gasteiger charge is 2.27. The number of hydrogen-bond donors (Lipinski definition) is 1. The molecule has 0 aliphatic carbocycles. The summed E-state index contributed by atoms with van der Waals surface area (Å²) in [7, 11) is 3.05. The number of amides is 1. The van der Waals surface area contributed by atoms with Crippen molar-refractivity contribution in [2.24, 2.45) is 0 Å². The first-order valence-electron chi connectivity index (χ1n) is 6.48. The summed E-state index contributed by atoms with van der Waals surface area (Å²) in [6.45, 7) is 3.58. The topological polar surface area (TPSA) is 74.0 Å². The monoisotopic (exact) mass is 280 g/mol. The molecular formula is C14H20N2O4. The van der Waals surface area contributed by atoms with Crippen LogP contribution in [0.3, 0.4) is 0 Å². The highest BCUT2D eigenvalue weighted by molar-refractivity contribution is 6.01. The lowest BCUT2D eigenvalue weighted by Gasteiger charge is -2.33. The molecule has 1 amide bonds. The van der Waals surface area contributed by atoms with Crippen molar-refractivity contribution in [2.45, 2.75) is 13.0 Å². The van der Waals surface area contributed by atoms with Crippen molar-refractivity contribution >= 4 is 11.6 Å². The van der Waals surface area contributed by atoms with E-state index in [-0.39, 0.29) is 11.9 Å². The van der Waals surface area contributed by atoms with Crippen LogP contribution < -0.4 is 15.2 Å². The van der Waals surface area contributed by atoms with Crippen molar-refractivity contribution < 1.29 is 19.0 Å². The van der Waals surface area contributed by atoms with E-state index in [0.717, 1.165) is 0 Å². The molecule has 2 N–H and O–H groups in total. The van der Waals surface area contributed by atoms with Crippen LogP contribution in [0.5, 0.6) is 11.5 Å². The molecule has 0 saturated carbocycles. The van der Waals surface area contributed by atoms with E-state index < -0.39 is 0 Å². The summed E-state index contributed by atoms with van der Waals surface area (Å²) in [5.41, 5.74) is 6.74. The Bertz CT molecular complexity index is 504. The van der Waals surface area contributed by atoms with Gasteiger partial charge in [0.15, 0.2) is 0 Å². The van der Waals surface area contributed by atoms with Crippen molar-refractivity contribution in [1.82, 2.24) is 4.90 Å². The Hall–Kier alpha value is -1.95. The van der Waals surface area contributed by atoms with Gasteiger partial charge in [0.2, 0.25) is 0 Å². The summed E-state index contributed by atoms with van der Waals surface area (Å²) < 4.78 is 15.7. The van der Waals surface area contributed by atoms with E-state index in [1.54, 1.807) is 17.0 Å². The number of benzene rings is 1. The van der Waals surface area contributed by atoms with Gasteiger partial charge in [0.25, 0.3) is 5.91 Å². The number of anilines is 1. The van der Waals surface area contributed by atoms with Gasteiger partial charge in [0, 0.05) is 12.6 Å². The van der Waals surface area contributed by atoms with E-state index in [2.05, 4.69) is 0 Å². The van der Waals surface area contributed by atoms with E-state index in [0.29, 0.717) is 42.5 Å². The summed E-state index contributed by atoms with van der Waals surface area (Å²) in [5, 5.41) is 0. The number of carbonyl (C=O) groups is 1. The van der Waals surface area contributed by atoms with Crippen LogP contribution in [0.25, 0.3) is 0 Å². The Balaban J connectivity index is 2.37. The largest absolute Gasteiger partial charge is 0.497 e. The summed E-state index contributed by atoms with van der Waals surface area (Å²) >= 11 is 0. The zero-order chi connectivity index (χ0) is 14.7. The summed E-state index contributed by atoms with van der Waals surface area (Å²) in [6.07, 6.45) is 0. The first-order chi connectivity index (χ1) is 9.58. The van der Waals surface area contributed by atoms with Crippen molar-refractivity contribution in [2.75, 3.05) is 39.7 Å². The van der Waals surface area contributed by atoms with Gasteiger partial charge in [0.1, 0.15) is 11.5 Å². The molecule has 20 heavy (non-hydrogen) atoms. The molecule has 6 heteroatoms. The van der Waals surface area contributed by atoms with Crippen molar-refractivity contribution in [3.63, 3.8) is 0 Å². The number of nitrogen functional groups attached to an aromatic ring is 1. The van der Waals surface area contributed by atoms with Gasteiger partial charge in [-0.25, -0.2) is 0 Å². The third-order valence-electron chi connectivity index (χ3n) is 3.43. The minimum atomic E-state index is -0.129. The molecule has 1 aliphatic rings. The van der Waals surface area contributed by atoms with Crippen LogP contribution in [0.15, 0.2) is 12.1 Å². The molecule has 2 rings (SSSR count). The minimum absolute atomic E-state index is 0.0212. The molecule has 0 aromatic heterocycles. The number of hydrogen-bond acceptors (Lipinski definition) is 5. The molecule has 1 aliphatic heterocycles.